The van der Waals surface area contributed by atoms with E-state index in [-0.39, 0.29) is 6.29 Å². The number of carbonyl (C=O) groups is 2. The van der Waals surface area contributed by atoms with Crippen LogP contribution in [-0.2, 0) is 0 Å². The second-order valence-corrected chi connectivity index (χ2v) is 3.26. The molecule has 0 bridgehead atoms. The van der Waals surface area contributed by atoms with Crippen LogP contribution < -0.4 is 21.3 Å². The predicted molar refractivity (Wildman–Crippen MR) is 48.4 cm³/mol. The molecule has 0 atom stereocenters. The molecule has 7 nitrogen and oxygen atoms in total. The lowest BCUT2D eigenvalue weighted by molar-refractivity contribution is 0.117. The van der Waals surface area contributed by atoms with E-state index in [0.717, 1.165) is 26.2 Å². The molecule has 2 heterocycles. The summed E-state index contributed by atoms with van der Waals surface area (Å²) in [4.78, 5) is 24.0. The average molecular weight is 199 g/mol. The Labute approximate surface area is 81.2 Å². The Hall–Kier alpha value is -1.34. The monoisotopic (exact) mass is 199 g/mol. The van der Waals surface area contributed by atoms with Gasteiger partial charge in [-0.3, -0.25) is 10.2 Å². The Morgan fingerprint density at radius 3 is 2.21 bits per heavy atom. The lowest BCUT2D eigenvalue weighted by Gasteiger charge is -2.37. The molecule has 2 fully saturated rings. The second-order valence-electron chi connectivity index (χ2n) is 3.26. The van der Waals surface area contributed by atoms with Crippen LogP contribution in [-0.4, -0.2) is 49.4 Å². The number of amides is 4. The first-order valence-corrected chi connectivity index (χ1v) is 4.58. The van der Waals surface area contributed by atoms with Crippen LogP contribution in [0.1, 0.15) is 0 Å². The van der Waals surface area contributed by atoms with Gasteiger partial charge in [0.15, 0.2) is 6.29 Å². The molecule has 14 heavy (non-hydrogen) atoms. The van der Waals surface area contributed by atoms with Gasteiger partial charge in [-0.25, -0.2) is 9.59 Å². The molecular weight excluding hydrogens is 186 g/mol. The number of rotatable bonds is 1. The van der Waals surface area contributed by atoms with Crippen molar-refractivity contribution in [3.8, 4) is 0 Å². The van der Waals surface area contributed by atoms with Gasteiger partial charge in [0, 0.05) is 26.2 Å². The summed E-state index contributed by atoms with van der Waals surface area (Å²) in [5.41, 5.74) is 0. The van der Waals surface area contributed by atoms with Crippen LogP contribution in [0.3, 0.4) is 0 Å². The molecule has 0 unspecified atom stereocenters. The van der Waals surface area contributed by atoms with Gasteiger partial charge in [0.25, 0.3) is 0 Å². The summed E-state index contributed by atoms with van der Waals surface area (Å²) in [7, 11) is 0. The SMILES string of the molecule is O=C1NC(=O)NC(N2CCNCC2)N1. The van der Waals surface area contributed by atoms with Crippen LogP contribution in [0.4, 0.5) is 9.59 Å². The highest BCUT2D eigenvalue weighted by Crippen LogP contribution is 1.98. The van der Waals surface area contributed by atoms with E-state index in [1.807, 2.05) is 4.90 Å². The largest absolute Gasteiger partial charge is 0.325 e. The molecule has 4 amide bonds. The van der Waals surface area contributed by atoms with E-state index in [4.69, 9.17) is 0 Å². The number of imide groups is 1. The smallest absolute Gasteiger partial charge is 0.314 e. The normalized spacial score (nSPS) is 25.1. The Balaban J connectivity index is 1.95. The maximum atomic E-state index is 11.0. The van der Waals surface area contributed by atoms with Gasteiger partial charge in [-0.1, -0.05) is 0 Å². The molecule has 0 spiro atoms. The third-order valence-electron chi connectivity index (χ3n) is 2.28. The van der Waals surface area contributed by atoms with Crippen LogP contribution in [0.2, 0.25) is 0 Å². The van der Waals surface area contributed by atoms with Gasteiger partial charge >= 0.3 is 12.1 Å². The van der Waals surface area contributed by atoms with Gasteiger partial charge in [0.2, 0.25) is 0 Å². The Kier molecular flexibility index (Phi) is 2.51. The second kappa shape index (κ2) is 3.81. The third-order valence-corrected chi connectivity index (χ3v) is 2.28. The molecule has 2 rings (SSSR count). The van der Waals surface area contributed by atoms with Crippen molar-refractivity contribution in [1.29, 1.82) is 0 Å². The molecule has 0 saturated carbocycles. The van der Waals surface area contributed by atoms with Crippen molar-refractivity contribution < 1.29 is 9.59 Å². The molecule has 0 radical (unpaired) electrons. The number of nitrogens with zero attached hydrogens (tertiary/aromatic N) is 1. The van der Waals surface area contributed by atoms with Crippen molar-refractivity contribution in [2.45, 2.75) is 6.29 Å². The first-order valence-electron chi connectivity index (χ1n) is 4.58. The first kappa shape index (κ1) is 9.22. The van der Waals surface area contributed by atoms with Crippen LogP contribution in [0.25, 0.3) is 0 Å². The minimum Gasteiger partial charge on any atom is -0.314 e. The quantitative estimate of drug-likeness (QED) is 0.401. The summed E-state index contributed by atoms with van der Waals surface area (Å²) in [6, 6.07) is -0.894. The fourth-order valence-corrected chi connectivity index (χ4v) is 1.58. The number of hydrogen-bond acceptors (Lipinski definition) is 4. The van der Waals surface area contributed by atoms with Crippen LogP contribution in [0.15, 0.2) is 0 Å². The number of carbonyl (C=O) groups excluding carboxylic acids is 2. The molecule has 0 aromatic rings. The van der Waals surface area contributed by atoms with Crippen LogP contribution in [0.5, 0.6) is 0 Å². The molecular formula is C7H13N5O2. The summed E-state index contributed by atoms with van der Waals surface area (Å²) in [5, 5.41) is 10.6. The van der Waals surface area contributed by atoms with Crippen molar-refractivity contribution in [2.24, 2.45) is 0 Å². The third kappa shape index (κ3) is 1.94. The molecule has 78 valence electrons. The Morgan fingerprint density at radius 1 is 1.07 bits per heavy atom. The van der Waals surface area contributed by atoms with Gasteiger partial charge in [-0.2, -0.15) is 0 Å². The van der Waals surface area contributed by atoms with Gasteiger partial charge in [-0.15, -0.1) is 0 Å². The summed E-state index contributed by atoms with van der Waals surface area (Å²) in [5.74, 6) is 0. The molecule has 0 aromatic carbocycles. The summed E-state index contributed by atoms with van der Waals surface area (Å²) in [6.45, 7) is 3.36. The van der Waals surface area contributed by atoms with Crippen molar-refractivity contribution in [1.82, 2.24) is 26.2 Å². The van der Waals surface area contributed by atoms with Crippen molar-refractivity contribution in [3.63, 3.8) is 0 Å². The molecule has 2 aliphatic heterocycles. The zero-order valence-electron chi connectivity index (χ0n) is 7.67. The maximum absolute atomic E-state index is 11.0. The number of hydrogen-bond donors (Lipinski definition) is 4. The number of piperazine rings is 1. The Morgan fingerprint density at radius 2 is 1.64 bits per heavy atom. The average Bonchev–Trinajstić information content (AvgIpc) is 2.18. The molecule has 2 saturated heterocycles. The molecule has 0 aliphatic carbocycles. The highest BCUT2D eigenvalue weighted by atomic mass is 16.2. The lowest BCUT2D eigenvalue weighted by Crippen LogP contribution is -2.69. The summed E-state index contributed by atoms with van der Waals surface area (Å²) in [6.07, 6.45) is -0.377. The van der Waals surface area contributed by atoms with Gasteiger partial charge < -0.3 is 16.0 Å². The van der Waals surface area contributed by atoms with Crippen LogP contribution in [0, 0.1) is 0 Å². The van der Waals surface area contributed by atoms with Crippen LogP contribution >= 0.6 is 0 Å². The molecule has 4 N–H and O–H groups in total. The van der Waals surface area contributed by atoms with Crippen molar-refractivity contribution >= 4 is 12.1 Å². The zero-order valence-corrected chi connectivity index (χ0v) is 7.67. The fourth-order valence-electron chi connectivity index (χ4n) is 1.58. The Bertz CT molecular complexity index is 234. The van der Waals surface area contributed by atoms with Crippen molar-refractivity contribution in [3.05, 3.63) is 0 Å². The van der Waals surface area contributed by atoms with Gasteiger partial charge in [-0.05, 0) is 0 Å². The minimum absolute atomic E-state index is 0.377. The number of urea groups is 2. The highest BCUT2D eigenvalue weighted by molar-refractivity contribution is 5.95. The fraction of sp³-hybridized carbons (Fsp3) is 0.714. The summed E-state index contributed by atoms with van der Waals surface area (Å²) >= 11 is 0. The first-order chi connectivity index (χ1) is 6.75. The molecule has 2 aliphatic rings. The van der Waals surface area contributed by atoms with E-state index in [0.29, 0.717) is 0 Å². The zero-order chi connectivity index (χ0) is 9.97. The molecule has 0 aromatic heterocycles. The van der Waals surface area contributed by atoms with Gasteiger partial charge in [0.05, 0.1) is 0 Å². The van der Waals surface area contributed by atoms with E-state index in [9.17, 15) is 9.59 Å². The minimum atomic E-state index is -0.447. The maximum Gasteiger partial charge on any atom is 0.325 e. The lowest BCUT2D eigenvalue weighted by atomic mass is 10.3. The van der Waals surface area contributed by atoms with Gasteiger partial charge in [0.1, 0.15) is 0 Å². The number of nitrogens with one attached hydrogen (secondary N) is 4. The van der Waals surface area contributed by atoms with E-state index in [1.165, 1.54) is 0 Å². The highest BCUT2D eigenvalue weighted by Gasteiger charge is 2.28. The van der Waals surface area contributed by atoms with Crippen molar-refractivity contribution in [2.75, 3.05) is 26.2 Å². The standard InChI is InChI=1S/C7H13N5O2/c13-6-9-5(10-7(14)11-6)12-3-1-8-2-4-12/h5,8H,1-4H2,(H3,9,10,11,13,14). The van der Waals surface area contributed by atoms with E-state index in [2.05, 4.69) is 21.3 Å². The van der Waals surface area contributed by atoms with E-state index < -0.39 is 12.1 Å². The van der Waals surface area contributed by atoms with E-state index >= 15 is 0 Å². The van der Waals surface area contributed by atoms with E-state index in [1.54, 1.807) is 0 Å². The predicted octanol–water partition coefficient (Wildman–Crippen LogP) is -1.80. The topological polar surface area (TPSA) is 85.5 Å². The molecule has 7 heteroatoms. The summed E-state index contributed by atoms with van der Waals surface area (Å²) < 4.78 is 0.